The number of hydrogen-bond acceptors (Lipinski definition) is 16. The summed E-state index contributed by atoms with van der Waals surface area (Å²) in [6, 6.07) is 6.59. The van der Waals surface area contributed by atoms with Crippen molar-refractivity contribution in [2.24, 2.45) is 207 Å². The van der Waals surface area contributed by atoms with E-state index in [4.69, 9.17) is 0 Å². The molecule has 0 spiro atoms. The third kappa shape index (κ3) is 10.5. The second-order valence-electron chi connectivity index (χ2n) is 41.2. The van der Waals surface area contributed by atoms with Crippen LogP contribution in [0.3, 0.4) is 0 Å². The van der Waals surface area contributed by atoms with Gasteiger partial charge in [-0.3, -0.25) is 116 Å². The summed E-state index contributed by atoms with van der Waals surface area (Å²) < 4.78 is 0. The van der Waals surface area contributed by atoms with Crippen LogP contribution in [0.15, 0.2) is 121 Å². The minimum atomic E-state index is -0.240. The fourth-order valence-electron chi connectivity index (χ4n) is 31.2. The number of nitrogens with zero attached hydrogens (tertiary/aromatic N) is 8. The van der Waals surface area contributed by atoms with Gasteiger partial charge in [0.1, 0.15) is 0 Å². The van der Waals surface area contributed by atoms with E-state index in [0.29, 0.717) is 92.7 Å². The van der Waals surface area contributed by atoms with E-state index < -0.39 is 0 Å². The van der Waals surface area contributed by atoms with E-state index in [1.165, 1.54) is 50.2 Å². The molecule has 35 atom stereocenters. The van der Waals surface area contributed by atoms with Gasteiger partial charge in [-0.1, -0.05) is 104 Å². The van der Waals surface area contributed by atoms with Gasteiger partial charge in [0.25, 0.3) is 0 Å². The lowest BCUT2D eigenvalue weighted by Crippen LogP contribution is -2.49. The maximum absolute atomic E-state index is 13.1. The second kappa shape index (κ2) is 27.1. The molecule has 0 N–H and O–H groups in total. The lowest BCUT2D eigenvalue weighted by Gasteiger charge is -2.37. The Morgan fingerprint density at radius 3 is 0.686 bits per heavy atom. The van der Waals surface area contributed by atoms with Crippen molar-refractivity contribution in [2.45, 2.75) is 128 Å². The molecule has 27 aliphatic rings. The number of amides is 16. The summed E-state index contributed by atoms with van der Waals surface area (Å²) in [6.45, 7) is 3.74. The van der Waals surface area contributed by atoms with E-state index in [1.54, 1.807) is 39.0 Å². The monoisotopic (exact) mass is 1630 g/mol. The van der Waals surface area contributed by atoms with Crippen molar-refractivity contribution in [1.29, 1.82) is 0 Å². The van der Waals surface area contributed by atoms with Gasteiger partial charge in [-0.05, 0) is 246 Å². The number of carbonyl (C=O) groups excluding carboxylic acids is 16. The first-order chi connectivity index (χ1) is 58.6. The highest BCUT2D eigenvalue weighted by atomic mass is 16.2. The molecule has 8 saturated heterocycles. The van der Waals surface area contributed by atoms with Gasteiger partial charge in [-0.2, -0.15) is 0 Å². The Morgan fingerprint density at radius 2 is 0.463 bits per heavy atom. The van der Waals surface area contributed by atoms with Gasteiger partial charge < -0.3 is 0 Å². The van der Waals surface area contributed by atoms with Crippen LogP contribution in [-0.4, -0.2) is 162 Å². The second-order valence-corrected chi connectivity index (χ2v) is 41.2. The van der Waals surface area contributed by atoms with Gasteiger partial charge in [-0.15, -0.1) is 0 Å². The van der Waals surface area contributed by atoms with E-state index in [0.717, 1.165) is 69.7 Å². The topological polar surface area (TPSA) is 299 Å². The predicted molar refractivity (Wildman–Crippen MR) is 429 cm³/mol. The van der Waals surface area contributed by atoms with E-state index in [1.807, 2.05) is 6.92 Å². The number of imide groups is 8. The van der Waals surface area contributed by atoms with E-state index in [9.17, 15) is 76.7 Å². The maximum atomic E-state index is 13.1. The minimum absolute atomic E-state index is 0.00362. The zero-order valence-corrected chi connectivity index (χ0v) is 67.9. The molecular weight excluding hydrogens is 1530 g/mol. The van der Waals surface area contributed by atoms with Gasteiger partial charge in [-0.25, -0.2) is 0 Å². The summed E-state index contributed by atoms with van der Waals surface area (Å²) in [5.41, 5.74) is 1.03. The summed E-state index contributed by atoms with van der Waals surface area (Å²) in [7, 11) is 0. The zero-order chi connectivity index (χ0) is 82.4. The fourth-order valence-corrected chi connectivity index (χ4v) is 31.2. The van der Waals surface area contributed by atoms with Crippen LogP contribution in [0, 0.1) is 207 Å². The van der Waals surface area contributed by atoms with Gasteiger partial charge in [0.15, 0.2) is 0 Å². The van der Waals surface area contributed by atoms with Crippen molar-refractivity contribution in [3.05, 3.63) is 121 Å². The predicted octanol–water partition coefficient (Wildman–Crippen LogP) is 8.26. The lowest BCUT2D eigenvalue weighted by molar-refractivity contribution is -0.149. The van der Waals surface area contributed by atoms with Crippen molar-refractivity contribution in [3.8, 4) is 0 Å². The largest absolute Gasteiger partial charge is 0.282 e. The van der Waals surface area contributed by atoms with Gasteiger partial charge in [0.05, 0.1) is 106 Å². The fraction of sp³-hybridized carbons (Fsp3) is 0.608. The molecule has 1 aromatic rings. The quantitative estimate of drug-likeness (QED) is 0.149. The lowest BCUT2D eigenvalue weighted by atomic mass is 9.85. The molecule has 24 heteroatoms. The molecule has 8 aliphatic heterocycles. The number of anilines is 2. The molecule has 19 fully saturated rings. The third-order valence-electron chi connectivity index (χ3n) is 36.3. The zero-order valence-electron chi connectivity index (χ0n) is 67.9. The molecule has 35 unspecified atom stereocenters. The van der Waals surface area contributed by atoms with Crippen molar-refractivity contribution in [2.75, 3.05) is 36.0 Å². The first kappa shape index (κ1) is 75.0. The number of likely N-dealkylation sites (tertiary alicyclic amines) is 6. The number of rotatable bonds is 11. The third-order valence-corrected chi connectivity index (χ3v) is 36.3. The van der Waals surface area contributed by atoms with Crippen LogP contribution in [0.4, 0.5) is 11.4 Å². The molecule has 121 heavy (non-hydrogen) atoms. The molecule has 0 aromatic heterocycles. The van der Waals surface area contributed by atoms with Crippen molar-refractivity contribution >= 4 is 106 Å². The van der Waals surface area contributed by atoms with Crippen LogP contribution >= 0.6 is 0 Å². The average Bonchev–Trinajstić information content (AvgIpc) is 1.57. The summed E-state index contributed by atoms with van der Waals surface area (Å²) in [6.07, 6.45) is 49.9. The number of fused-ring (bicyclic) bond motifs is 42. The Bertz CT molecular complexity index is 4700. The van der Waals surface area contributed by atoms with E-state index in [-0.39, 0.29) is 272 Å². The molecule has 11 saturated carbocycles. The summed E-state index contributed by atoms with van der Waals surface area (Å²) >= 11 is 0. The van der Waals surface area contributed by atoms with Crippen LogP contribution in [0.5, 0.6) is 0 Å². The van der Waals surface area contributed by atoms with E-state index in [2.05, 4.69) is 97.2 Å². The molecule has 626 valence electrons. The summed E-state index contributed by atoms with van der Waals surface area (Å²) in [5.74, 6) is 3.69. The molecule has 8 heterocycles. The Hall–Kier alpha value is -9.74. The van der Waals surface area contributed by atoms with Crippen LogP contribution in [0.25, 0.3) is 0 Å². The molecule has 16 amide bonds. The SMILES string of the molecule is CCN1C(=O)C2C3C=CC(C3)C2C1=O.O=C1C2C3C=CC(C3)C2C(=O)N1C1CCC(N2C(=O)C3C4C=CC(C4)C3C2=O)CC1.O=C1C2C3C=CC(C3)C2C(=O)N1CC1CC2CCC1C2.O=C1C2C3C=CC(C3)C2C(=O)N1CCCN1C(=O)C2C3C=CC(C3)C2C1=O.O=C1C2C3C=CC(C3)C2C(=O)N1c1ccc(N2C(=O)C3C4C=CC(C4)C3C2=O)cc1. The van der Waals surface area contributed by atoms with Gasteiger partial charge >= 0.3 is 0 Å². The minimum Gasteiger partial charge on any atom is -0.282 e. The van der Waals surface area contributed by atoms with Gasteiger partial charge in [0.2, 0.25) is 94.5 Å². The van der Waals surface area contributed by atoms with E-state index >= 15 is 0 Å². The smallest absolute Gasteiger partial charge is 0.238 e. The van der Waals surface area contributed by atoms with Crippen LogP contribution in [0.2, 0.25) is 0 Å². The first-order valence-electron chi connectivity index (χ1n) is 46.1. The Kier molecular flexibility index (Phi) is 16.8. The summed E-state index contributed by atoms with van der Waals surface area (Å²) in [5, 5.41) is 0. The van der Waals surface area contributed by atoms with Crippen molar-refractivity contribution in [3.63, 3.8) is 0 Å². The highest BCUT2D eigenvalue weighted by molar-refractivity contribution is 6.25. The summed E-state index contributed by atoms with van der Waals surface area (Å²) in [4.78, 5) is 216. The number of hydrogen-bond donors (Lipinski definition) is 0. The van der Waals surface area contributed by atoms with Crippen LogP contribution < -0.4 is 9.80 Å². The molecule has 24 nitrogen and oxygen atoms in total. The normalized spacial score (nSPS) is 46.8. The van der Waals surface area contributed by atoms with Crippen LogP contribution in [0.1, 0.15) is 116 Å². The van der Waals surface area contributed by atoms with Crippen molar-refractivity contribution in [1.82, 2.24) is 29.4 Å². The molecule has 18 bridgehead atoms. The first-order valence-corrected chi connectivity index (χ1v) is 46.1. The number of allylic oxidation sites excluding steroid dienone is 16. The molecular formula is C97H102N8O16. The highest BCUT2D eigenvalue weighted by Gasteiger charge is 2.68. The molecule has 28 rings (SSSR count). The van der Waals surface area contributed by atoms with Crippen LogP contribution in [-0.2, 0) is 76.7 Å². The average molecular weight is 1640 g/mol. The number of benzene rings is 1. The standard InChI is InChI=1S/C24H26N2O4.C24H20N2O4.C21H22N2O4.C17H21NO2.C11H13NO2/c2*27-21-17-11-1-2-12(9-11)18(17)22(28)25(21)15-5-7-16(8-6-15)26-23(29)19-13-3-4-14(10-13)20(19)24(26)30;24-18-14-10-2-3-11(8-10)15(14)19(25)22(18)6-1-7-23-20(26)16-12-4-5-13(9-12)17(16)21(23)27;19-16-14-11-3-4-12(7-11)15(14)17(20)18(16)8-13-6-9-1-2-10(13)5-9;1-2-12-10(13)8-6-3-4-7(5-6)9(8)11(12)14/h1-4,11-20H,5-10H2;1-8,11-14,17-20H,9-10H2;2-5,10-17H,1,6-9H2;3-4,9-15H,1-2,5-8H2;3-4,6-9H,2,5H2,1H3. The Morgan fingerprint density at radius 1 is 0.240 bits per heavy atom. The Labute approximate surface area is 701 Å². The molecule has 1 aromatic carbocycles. The Balaban J connectivity index is 0.0000000875. The van der Waals surface area contributed by atoms with Crippen molar-refractivity contribution < 1.29 is 76.7 Å². The highest BCUT2D eigenvalue weighted by Crippen LogP contribution is 2.62. The molecule has 0 radical (unpaired) electrons. The molecule has 19 aliphatic carbocycles. The number of carbonyl (C=O) groups is 16. The van der Waals surface area contributed by atoms with Gasteiger partial charge in [0, 0.05) is 38.3 Å². The maximum Gasteiger partial charge on any atom is 0.238 e.